The van der Waals surface area contributed by atoms with Gasteiger partial charge >= 0.3 is 17.9 Å². The standard InChI is InChI=1S/C59H92O6/c1-4-7-10-13-16-19-22-24-26-28-29-31-32-34-37-40-43-46-49-52-58(61)64-55-56(54-63-57(60)51-48-45-42-39-36-21-18-15-12-9-6-3)65-59(62)53-50-47-44-41-38-35-33-30-27-25-23-20-17-14-11-8-5-2/h7,10,15-20,24-27,29,31,33-35,37,41,43-44,46,56H,4-6,8-9,11-14,21-23,28,30,32,36,38-40,42,45,47-55H2,1-3H3/b10-7-,18-15-,19-16-,20-17-,26-24-,27-25-,31-29-,35-33-,37-34-,44-41-,46-43-. The number of allylic oxidation sites excluding steroid dienone is 22. The van der Waals surface area contributed by atoms with E-state index < -0.39 is 12.1 Å². The maximum Gasteiger partial charge on any atom is 0.306 e. The minimum Gasteiger partial charge on any atom is -0.462 e. The van der Waals surface area contributed by atoms with Gasteiger partial charge in [-0.3, -0.25) is 14.4 Å². The SMILES string of the molecule is CC/C=C\C/C=C\C/C=C\C/C=C\C/C=C\C/C=C\CCC(=O)OCC(COC(=O)CCCCCCC/C=C\CCCC)OC(=O)CCC/C=C\C/C=C\C/C=C\C/C=C\CCCCC. The fraction of sp³-hybridized carbons (Fsp3) is 0.576. The number of hydrogen-bond acceptors (Lipinski definition) is 6. The van der Waals surface area contributed by atoms with Crippen LogP contribution in [-0.2, 0) is 28.6 Å². The number of rotatable bonds is 44. The predicted molar refractivity (Wildman–Crippen MR) is 279 cm³/mol. The Labute approximate surface area is 398 Å². The topological polar surface area (TPSA) is 78.9 Å². The van der Waals surface area contributed by atoms with E-state index in [1.54, 1.807) is 0 Å². The average Bonchev–Trinajstić information content (AvgIpc) is 3.30. The first-order valence-electron chi connectivity index (χ1n) is 25.7. The summed E-state index contributed by atoms with van der Waals surface area (Å²) in [4.78, 5) is 37.9. The van der Waals surface area contributed by atoms with Crippen LogP contribution < -0.4 is 0 Å². The average molecular weight is 897 g/mol. The van der Waals surface area contributed by atoms with E-state index in [9.17, 15) is 14.4 Å². The second-order valence-corrected chi connectivity index (χ2v) is 16.3. The lowest BCUT2D eigenvalue weighted by Gasteiger charge is -2.18. The molecule has 0 aliphatic heterocycles. The number of unbranched alkanes of at least 4 members (excludes halogenated alkanes) is 11. The molecule has 364 valence electrons. The molecule has 0 N–H and O–H groups in total. The summed E-state index contributed by atoms with van der Waals surface area (Å²) < 4.78 is 16.6. The van der Waals surface area contributed by atoms with Crippen molar-refractivity contribution in [1.29, 1.82) is 0 Å². The summed E-state index contributed by atoms with van der Waals surface area (Å²) in [6.45, 7) is 6.31. The highest BCUT2D eigenvalue weighted by Crippen LogP contribution is 2.11. The highest BCUT2D eigenvalue weighted by atomic mass is 16.6. The molecular weight excluding hydrogens is 805 g/mol. The second-order valence-electron chi connectivity index (χ2n) is 16.3. The maximum atomic E-state index is 12.8. The van der Waals surface area contributed by atoms with Gasteiger partial charge in [0.2, 0.25) is 0 Å². The van der Waals surface area contributed by atoms with Crippen molar-refractivity contribution < 1.29 is 28.6 Å². The fourth-order valence-corrected chi connectivity index (χ4v) is 6.26. The Morgan fingerprint density at radius 1 is 0.323 bits per heavy atom. The van der Waals surface area contributed by atoms with Crippen molar-refractivity contribution in [2.75, 3.05) is 13.2 Å². The Kier molecular flexibility index (Phi) is 48.6. The van der Waals surface area contributed by atoms with Gasteiger partial charge in [-0.25, -0.2) is 0 Å². The molecule has 1 atom stereocenters. The Hall–Kier alpha value is -4.45. The lowest BCUT2D eigenvalue weighted by Crippen LogP contribution is -2.30. The third kappa shape index (κ3) is 50.4. The quantitative estimate of drug-likeness (QED) is 0.0262. The molecule has 0 aromatic carbocycles. The van der Waals surface area contributed by atoms with E-state index in [0.717, 1.165) is 96.3 Å². The van der Waals surface area contributed by atoms with Crippen molar-refractivity contribution in [3.05, 3.63) is 134 Å². The van der Waals surface area contributed by atoms with Gasteiger partial charge in [-0.15, -0.1) is 0 Å². The zero-order valence-electron chi connectivity index (χ0n) is 41.4. The first kappa shape index (κ1) is 60.5. The van der Waals surface area contributed by atoms with Crippen LogP contribution in [0.1, 0.15) is 201 Å². The zero-order chi connectivity index (χ0) is 47.2. The first-order valence-corrected chi connectivity index (χ1v) is 25.7. The van der Waals surface area contributed by atoms with E-state index in [-0.39, 0.29) is 38.0 Å². The molecule has 0 aromatic heterocycles. The second kappa shape index (κ2) is 52.2. The lowest BCUT2D eigenvalue weighted by molar-refractivity contribution is -0.166. The highest BCUT2D eigenvalue weighted by molar-refractivity contribution is 5.71. The van der Waals surface area contributed by atoms with Gasteiger partial charge in [0.05, 0.1) is 0 Å². The molecule has 0 aromatic rings. The molecule has 1 unspecified atom stereocenters. The zero-order valence-corrected chi connectivity index (χ0v) is 41.4. The Bertz CT molecular complexity index is 1450. The van der Waals surface area contributed by atoms with Gasteiger partial charge in [-0.2, -0.15) is 0 Å². The third-order valence-electron chi connectivity index (χ3n) is 10.1. The van der Waals surface area contributed by atoms with Crippen LogP contribution in [0.2, 0.25) is 0 Å². The van der Waals surface area contributed by atoms with Crippen molar-refractivity contribution in [2.24, 2.45) is 0 Å². The highest BCUT2D eigenvalue weighted by Gasteiger charge is 2.19. The van der Waals surface area contributed by atoms with Crippen molar-refractivity contribution in [2.45, 2.75) is 207 Å². The van der Waals surface area contributed by atoms with Crippen LogP contribution in [-0.4, -0.2) is 37.2 Å². The number of ether oxygens (including phenoxy) is 3. The predicted octanol–water partition coefficient (Wildman–Crippen LogP) is 17.1. The Morgan fingerprint density at radius 3 is 1.14 bits per heavy atom. The molecule has 6 nitrogen and oxygen atoms in total. The van der Waals surface area contributed by atoms with E-state index in [1.807, 2.05) is 12.2 Å². The van der Waals surface area contributed by atoms with E-state index in [1.165, 1.54) is 51.4 Å². The molecule has 0 bridgehead atoms. The molecule has 0 radical (unpaired) electrons. The summed E-state index contributed by atoms with van der Waals surface area (Å²) in [5.41, 5.74) is 0. The molecule has 0 rings (SSSR count). The molecule has 0 fully saturated rings. The lowest BCUT2D eigenvalue weighted by atomic mass is 10.1. The molecule has 0 saturated carbocycles. The van der Waals surface area contributed by atoms with Gasteiger partial charge in [-0.1, -0.05) is 199 Å². The van der Waals surface area contributed by atoms with Gasteiger partial charge in [0.1, 0.15) is 13.2 Å². The van der Waals surface area contributed by atoms with Crippen LogP contribution in [0.15, 0.2) is 134 Å². The van der Waals surface area contributed by atoms with E-state index in [0.29, 0.717) is 19.3 Å². The van der Waals surface area contributed by atoms with Gasteiger partial charge in [-0.05, 0) is 116 Å². The van der Waals surface area contributed by atoms with Crippen molar-refractivity contribution in [1.82, 2.24) is 0 Å². The van der Waals surface area contributed by atoms with Crippen LogP contribution in [0.4, 0.5) is 0 Å². The first-order chi connectivity index (χ1) is 32.0. The normalized spacial score (nSPS) is 13.2. The molecule has 0 spiro atoms. The molecule has 0 heterocycles. The summed E-state index contributed by atoms with van der Waals surface area (Å²) in [6, 6.07) is 0. The number of esters is 3. The number of carbonyl (C=O) groups is 3. The van der Waals surface area contributed by atoms with Crippen molar-refractivity contribution in [3.63, 3.8) is 0 Å². The van der Waals surface area contributed by atoms with Gasteiger partial charge in [0.25, 0.3) is 0 Å². The molecule has 0 amide bonds. The Balaban J connectivity index is 4.61. The summed E-state index contributed by atoms with van der Waals surface area (Å²) in [7, 11) is 0. The van der Waals surface area contributed by atoms with Gasteiger partial charge in [0.15, 0.2) is 6.10 Å². The van der Waals surface area contributed by atoms with Crippen LogP contribution in [0.3, 0.4) is 0 Å². The number of carbonyl (C=O) groups excluding carboxylic acids is 3. The van der Waals surface area contributed by atoms with Crippen LogP contribution in [0.5, 0.6) is 0 Å². The summed E-state index contributed by atoms with van der Waals surface area (Å²) in [6.07, 6.45) is 73.1. The third-order valence-corrected chi connectivity index (χ3v) is 10.1. The minimum atomic E-state index is -0.844. The smallest absolute Gasteiger partial charge is 0.306 e. The minimum absolute atomic E-state index is 0.132. The van der Waals surface area contributed by atoms with Crippen molar-refractivity contribution >= 4 is 17.9 Å². The van der Waals surface area contributed by atoms with E-state index in [2.05, 4.69) is 142 Å². The molecule has 0 saturated heterocycles. The Morgan fingerprint density at radius 2 is 0.662 bits per heavy atom. The molecule has 0 aliphatic carbocycles. The molecule has 0 aliphatic rings. The number of hydrogen-bond donors (Lipinski definition) is 0. The molecule has 6 heteroatoms. The summed E-state index contributed by atoms with van der Waals surface area (Å²) in [5, 5.41) is 0. The van der Waals surface area contributed by atoms with Crippen molar-refractivity contribution in [3.8, 4) is 0 Å². The van der Waals surface area contributed by atoms with Crippen LogP contribution in [0, 0.1) is 0 Å². The monoisotopic (exact) mass is 897 g/mol. The summed E-state index contributed by atoms with van der Waals surface area (Å²) >= 11 is 0. The van der Waals surface area contributed by atoms with Gasteiger partial charge < -0.3 is 14.2 Å². The largest absolute Gasteiger partial charge is 0.462 e. The molecule has 65 heavy (non-hydrogen) atoms. The fourth-order valence-electron chi connectivity index (χ4n) is 6.26. The van der Waals surface area contributed by atoms with Crippen LogP contribution >= 0.6 is 0 Å². The van der Waals surface area contributed by atoms with E-state index in [4.69, 9.17) is 14.2 Å². The van der Waals surface area contributed by atoms with E-state index >= 15 is 0 Å². The maximum absolute atomic E-state index is 12.8. The van der Waals surface area contributed by atoms with Gasteiger partial charge in [0, 0.05) is 19.3 Å². The summed E-state index contributed by atoms with van der Waals surface area (Å²) in [5.74, 6) is -1.10. The van der Waals surface area contributed by atoms with Crippen LogP contribution in [0.25, 0.3) is 0 Å². The molecular formula is C59H92O6.